The number of carbonyl (C=O) groups excluding carboxylic acids is 2. The van der Waals surface area contributed by atoms with Crippen LogP contribution in [-0.2, 0) is 20.7 Å². The molecular weight excluding hydrogens is 380 g/mol. The summed E-state index contributed by atoms with van der Waals surface area (Å²) in [5.41, 5.74) is 3.54. The average molecular weight is 406 g/mol. The van der Waals surface area contributed by atoms with Crippen molar-refractivity contribution < 1.29 is 14.3 Å². The summed E-state index contributed by atoms with van der Waals surface area (Å²) >= 11 is 0. The number of amides is 2. The van der Waals surface area contributed by atoms with E-state index in [-0.39, 0.29) is 17.9 Å². The number of anilines is 1. The predicted molar refractivity (Wildman–Crippen MR) is 112 cm³/mol. The van der Waals surface area contributed by atoms with Crippen molar-refractivity contribution in [3.63, 3.8) is 0 Å². The Morgan fingerprint density at radius 3 is 2.93 bits per heavy atom. The lowest BCUT2D eigenvalue weighted by Gasteiger charge is -2.27. The molecule has 7 nitrogen and oxygen atoms in total. The Hall–Kier alpha value is -2.93. The number of carbonyl (C=O) groups is 2. The zero-order chi connectivity index (χ0) is 21.0. The Labute approximate surface area is 175 Å². The van der Waals surface area contributed by atoms with Crippen LogP contribution < -0.4 is 4.90 Å². The first kappa shape index (κ1) is 19.1. The Morgan fingerprint density at radius 1 is 1.37 bits per heavy atom. The first-order valence-electron chi connectivity index (χ1n) is 10.4. The van der Waals surface area contributed by atoms with E-state index in [2.05, 4.69) is 17.1 Å². The summed E-state index contributed by atoms with van der Waals surface area (Å²) in [6.07, 6.45) is 7.93. The number of H-pyrrole nitrogens is 1. The highest BCUT2D eigenvalue weighted by Crippen LogP contribution is 2.53. The molecule has 0 unspecified atom stereocenters. The average Bonchev–Trinajstić information content (AvgIpc) is 3.50. The molecule has 5 rings (SSSR count). The lowest BCUT2D eigenvalue weighted by molar-refractivity contribution is -0.139. The number of fused-ring (bicyclic) bond motifs is 1. The maximum absolute atomic E-state index is 13.5. The van der Waals surface area contributed by atoms with Crippen molar-refractivity contribution in [2.24, 2.45) is 11.8 Å². The standard InChI is InChI=1S/C23H26N4O3/c1-14-4-5-17(10-15(14)2)27-13-23-8-6-18(30-23)19(20(23)22(27)29)21(28)26(3)9-7-16-11-24-25-12-16/h4-6,8,10-12,18-20H,7,9,13H2,1-3H3,(H,24,25)/t18-,19+,20+,23-/m0/s1. The smallest absolute Gasteiger partial charge is 0.234 e. The van der Waals surface area contributed by atoms with Crippen LogP contribution in [0.5, 0.6) is 0 Å². The third-order valence-electron chi connectivity index (χ3n) is 6.85. The van der Waals surface area contributed by atoms with Gasteiger partial charge in [0.15, 0.2) is 0 Å². The number of ether oxygens (including phenoxy) is 1. The van der Waals surface area contributed by atoms with Crippen molar-refractivity contribution in [3.8, 4) is 0 Å². The number of aryl methyl sites for hydroxylation is 2. The fourth-order valence-corrected chi connectivity index (χ4v) is 4.97. The number of aromatic amines is 1. The third-order valence-corrected chi connectivity index (χ3v) is 6.85. The quantitative estimate of drug-likeness (QED) is 0.771. The molecule has 156 valence electrons. The molecule has 2 aromatic rings. The van der Waals surface area contributed by atoms with Crippen LogP contribution in [0.4, 0.5) is 5.69 Å². The van der Waals surface area contributed by atoms with Gasteiger partial charge in [-0.1, -0.05) is 18.2 Å². The van der Waals surface area contributed by atoms with Crippen LogP contribution in [0.3, 0.4) is 0 Å². The highest BCUT2D eigenvalue weighted by molar-refractivity contribution is 6.03. The Bertz CT molecular complexity index is 1030. The van der Waals surface area contributed by atoms with Gasteiger partial charge in [0.1, 0.15) is 5.60 Å². The summed E-state index contributed by atoms with van der Waals surface area (Å²) < 4.78 is 6.26. The number of rotatable bonds is 5. The van der Waals surface area contributed by atoms with E-state index in [1.54, 1.807) is 23.0 Å². The van der Waals surface area contributed by atoms with Gasteiger partial charge in [0.25, 0.3) is 0 Å². The van der Waals surface area contributed by atoms with Gasteiger partial charge in [-0.05, 0) is 49.1 Å². The largest absolute Gasteiger partial charge is 0.360 e. The first-order chi connectivity index (χ1) is 14.4. The monoisotopic (exact) mass is 406 g/mol. The summed E-state index contributed by atoms with van der Waals surface area (Å²) in [5, 5.41) is 6.74. The van der Waals surface area contributed by atoms with Crippen LogP contribution in [-0.4, -0.2) is 58.8 Å². The third kappa shape index (κ3) is 2.80. The normalized spacial score (nSPS) is 29.0. The second-order valence-electron chi connectivity index (χ2n) is 8.71. The Kier molecular flexibility index (Phi) is 4.32. The van der Waals surface area contributed by atoms with Gasteiger partial charge in [0, 0.05) is 25.5 Å². The molecule has 4 heterocycles. The second-order valence-corrected chi connectivity index (χ2v) is 8.71. The van der Waals surface area contributed by atoms with E-state index < -0.39 is 17.4 Å². The summed E-state index contributed by atoms with van der Waals surface area (Å²) in [4.78, 5) is 30.3. The molecule has 1 spiro atoms. The number of aromatic nitrogens is 2. The molecule has 0 radical (unpaired) electrons. The molecule has 2 saturated heterocycles. The molecular formula is C23H26N4O3. The Morgan fingerprint density at radius 2 is 2.20 bits per heavy atom. The summed E-state index contributed by atoms with van der Waals surface area (Å²) in [7, 11) is 1.80. The van der Waals surface area contributed by atoms with Crippen LogP contribution in [0.1, 0.15) is 16.7 Å². The van der Waals surface area contributed by atoms with E-state index in [4.69, 9.17) is 4.74 Å². The summed E-state index contributed by atoms with van der Waals surface area (Å²) in [6, 6.07) is 6.04. The molecule has 7 heteroatoms. The van der Waals surface area contributed by atoms with Crippen molar-refractivity contribution in [3.05, 3.63) is 59.4 Å². The SMILES string of the molecule is Cc1ccc(N2C[C@]34C=C[C@H](O3)[C@@H](C(=O)N(C)CCc3cn[nH]c3)[C@@H]4C2=O)cc1C. The number of benzene rings is 1. The van der Waals surface area contributed by atoms with Crippen LogP contribution in [0.2, 0.25) is 0 Å². The first-order valence-corrected chi connectivity index (χ1v) is 10.4. The topological polar surface area (TPSA) is 78.5 Å². The fourth-order valence-electron chi connectivity index (χ4n) is 4.97. The minimum atomic E-state index is -0.702. The van der Waals surface area contributed by atoms with Crippen LogP contribution >= 0.6 is 0 Å². The molecule has 2 fully saturated rings. The molecule has 0 aliphatic carbocycles. The molecule has 2 amide bonds. The molecule has 1 aromatic heterocycles. The molecule has 30 heavy (non-hydrogen) atoms. The highest BCUT2D eigenvalue weighted by Gasteiger charge is 2.67. The van der Waals surface area contributed by atoms with Gasteiger partial charge >= 0.3 is 0 Å². The van der Waals surface area contributed by atoms with Crippen molar-refractivity contribution in [1.29, 1.82) is 0 Å². The van der Waals surface area contributed by atoms with E-state index in [1.165, 1.54) is 5.56 Å². The second kappa shape index (κ2) is 6.80. The van der Waals surface area contributed by atoms with Gasteiger partial charge in [-0.3, -0.25) is 14.7 Å². The van der Waals surface area contributed by atoms with Crippen LogP contribution in [0.15, 0.2) is 42.7 Å². The lowest BCUT2D eigenvalue weighted by Crippen LogP contribution is -2.45. The van der Waals surface area contributed by atoms with E-state index >= 15 is 0 Å². The van der Waals surface area contributed by atoms with Crippen molar-refractivity contribution in [2.75, 3.05) is 25.0 Å². The van der Waals surface area contributed by atoms with E-state index in [0.717, 1.165) is 16.8 Å². The molecule has 3 aliphatic rings. The number of hydrogen-bond acceptors (Lipinski definition) is 4. The van der Waals surface area contributed by atoms with Gasteiger partial charge in [-0.2, -0.15) is 5.10 Å². The molecule has 1 aromatic carbocycles. The number of hydrogen-bond donors (Lipinski definition) is 1. The van der Waals surface area contributed by atoms with E-state index in [1.807, 2.05) is 43.5 Å². The molecule has 2 bridgehead atoms. The highest BCUT2D eigenvalue weighted by atomic mass is 16.5. The Balaban J connectivity index is 1.38. The number of nitrogens with one attached hydrogen (secondary N) is 1. The number of likely N-dealkylation sites (N-methyl/N-ethyl adjacent to an activating group) is 1. The minimum Gasteiger partial charge on any atom is -0.360 e. The van der Waals surface area contributed by atoms with Crippen LogP contribution in [0, 0.1) is 25.7 Å². The van der Waals surface area contributed by atoms with Crippen molar-refractivity contribution in [1.82, 2.24) is 15.1 Å². The zero-order valence-electron chi connectivity index (χ0n) is 17.5. The summed E-state index contributed by atoms with van der Waals surface area (Å²) in [5.74, 6) is -1.01. The maximum Gasteiger partial charge on any atom is 0.234 e. The molecule has 4 atom stereocenters. The zero-order valence-corrected chi connectivity index (χ0v) is 17.5. The predicted octanol–water partition coefficient (Wildman–Crippen LogP) is 2.01. The van der Waals surface area contributed by atoms with Crippen molar-refractivity contribution in [2.45, 2.75) is 32.0 Å². The van der Waals surface area contributed by atoms with Gasteiger partial charge < -0.3 is 14.5 Å². The number of nitrogens with zero attached hydrogens (tertiary/aromatic N) is 3. The van der Waals surface area contributed by atoms with E-state index in [0.29, 0.717) is 19.5 Å². The van der Waals surface area contributed by atoms with Gasteiger partial charge in [-0.15, -0.1) is 0 Å². The molecule has 0 saturated carbocycles. The fraction of sp³-hybridized carbons (Fsp3) is 0.435. The summed E-state index contributed by atoms with van der Waals surface area (Å²) in [6.45, 7) is 5.12. The van der Waals surface area contributed by atoms with Crippen LogP contribution in [0.25, 0.3) is 0 Å². The van der Waals surface area contributed by atoms with Gasteiger partial charge in [0.05, 0.1) is 30.7 Å². The molecule has 3 aliphatic heterocycles. The van der Waals surface area contributed by atoms with Gasteiger partial charge in [-0.25, -0.2) is 0 Å². The minimum absolute atomic E-state index is 0.0216. The molecule has 1 N–H and O–H groups in total. The maximum atomic E-state index is 13.5. The van der Waals surface area contributed by atoms with E-state index in [9.17, 15) is 9.59 Å². The van der Waals surface area contributed by atoms with Gasteiger partial charge in [0.2, 0.25) is 11.8 Å². The lowest BCUT2D eigenvalue weighted by atomic mass is 9.76. The van der Waals surface area contributed by atoms with Crippen molar-refractivity contribution >= 4 is 17.5 Å².